The smallest absolute Gasteiger partial charge is 0.0351 e. The summed E-state index contributed by atoms with van der Waals surface area (Å²) in [6, 6.07) is 4.51. The van der Waals surface area contributed by atoms with Gasteiger partial charge in [0.05, 0.1) is 0 Å². The third-order valence-corrected chi connectivity index (χ3v) is 4.52. The lowest BCUT2D eigenvalue weighted by molar-refractivity contribution is 0.934. The first kappa shape index (κ1) is 10.7. The van der Waals surface area contributed by atoms with Gasteiger partial charge in [-0.1, -0.05) is 19.4 Å². The van der Waals surface area contributed by atoms with Crippen molar-refractivity contribution in [3.63, 3.8) is 0 Å². The fraction of sp³-hybridized carbons (Fsp3) is 0.429. The molecule has 80 valence electrons. The maximum atomic E-state index is 2.27. The summed E-state index contributed by atoms with van der Waals surface area (Å²) >= 11 is 1.97. The molecule has 0 aliphatic heterocycles. The van der Waals surface area contributed by atoms with Crippen LogP contribution in [0.1, 0.15) is 34.9 Å². The molecule has 1 aromatic heterocycles. The summed E-state index contributed by atoms with van der Waals surface area (Å²) in [6.45, 7) is 8.97. The van der Waals surface area contributed by atoms with Crippen LogP contribution in [0, 0.1) is 20.8 Å². The highest BCUT2D eigenvalue weighted by Gasteiger charge is 2.10. The van der Waals surface area contributed by atoms with E-state index in [0.717, 1.165) is 0 Å². The molecule has 0 fully saturated rings. The molecular formula is C14H18S. The van der Waals surface area contributed by atoms with Gasteiger partial charge in [0.15, 0.2) is 0 Å². The molecule has 0 radical (unpaired) electrons. The molecule has 2 aromatic rings. The monoisotopic (exact) mass is 218 g/mol. The number of hydrogen-bond acceptors (Lipinski definition) is 1. The zero-order valence-electron chi connectivity index (χ0n) is 9.98. The minimum atomic E-state index is 1.23. The van der Waals surface area contributed by atoms with Gasteiger partial charge in [0.2, 0.25) is 0 Å². The predicted molar refractivity (Wildman–Crippen MR) is 70.0 cm³/mol. The van der Waals surface area contributed by atoms with E-state index in [1.165, 1.54) is 39.6 Å². The van der Waals surface area contributed by atoms with Gasteiger partial charge in [0, 0.05) is 9.58 Å². The van der Waals surface area contributed by atoms with Crippen molar-refractivity contribution in [2.75, 3.05) is 0 Å². The molecule has 2 rings (SSSR count). The number of hydrogen-bond donors (Lipinski definition) is 0. The maximum Gasteiger partial charge on any atom is 0.0351 e. The molecule has 0 nitrogen and oxygen atoms in total. The SMILES string of the molecule is CCCc1sc2ccc(C)c(C)c2c1C. The maximum absolute atomic E-state index is 2.27. The average Bonchev–Trinajstić information content (AvgIpc) is 2.52. The zero-order valence-corrected chi connectivity index (χ0v) is 10.8. The van der Waals surface area contributed by atoms with E-state index in [-0.39, 0.29) is 0 Å². The summed E-state index contributed by atoms with van der Waals surface area (Å²) in [5.41, 5.74) is 4.38. The van der Waals surface area contributed by atoms with Gasteiger partial charge in [0.25, 0.3) is 0 Å². The number of thiophene rings is 1. The van der Waals surface area contributed by atoms with E-state index in [0.29, 0.717) is 0 Å². The van der Waals surface area contributed by atoms with Crippen molar-refractivity contribution in [1.82, 2.24) is 0 Å². The topological polar surface area (TPSA) is 0 Å². The van der Waals surface area contributed by atoms with Crippen LogP contribution in [0.25, 0.3) is 10.1 Å². The Hall–Kier alpha value is -0.820. The van der Waals surface area contributed by atoms with Crippen molar-refractivity contribution < 1.29 is 0 Å². The fourth-order valence-electron chi connectivity index (χ4n) is 2.16. The first-order chi connectivity index (χ1) is 7.15. The second-order valence-electron chi connectivity index (χ2n) is 4.28. The lowest BCUT2D eigenvalue weighted by atomic mass is 10.0. The predicted octanol–water partition coefficient (Wildman–Crippen LogP) is 4.78. The van der Waals surface area contributed by atoms with Crippen LogP contribution in [-0.4, -0.2) is 0 Å². The van der Waals surface area contributed by atoms with Crippen LogP contribution >= 0.6 is 11.3 Å². The molecule has 1 heterocycles. The molecule has 0 unspecified atom stereocenters. The van der Waals surface area contributed by atoms with Crippen LogP contribution in [0.15, 0.2) is 12.1 Å². The molecule has 0 bridgehead atoms. The van der Waals surface area contributed by atoms with Gasteiger partial charge in [-0.15, -0.1) is 11.3 Å². The van der Waals surface area contributed by atoms with E-state index in [4.69, 9.17) is 0 Å². The summed E-state index contributed by atoms with van der Waals surface area (Å²) in [5.74, 6) is 0. The Morgan fingerprint density at radius 2 is 1.80 bits per heavy atom. The third kappa shape index (κ3) is 1.69. The second-order valence-corrected chi connectivity index (χ2v) is 5.42. The van der Waals surface area contributed by atoms with Crippen LogP contribution < -0.4 is 0 Å². The normalized spacial score (nSPS) is 11.2. The van der Waals surface area contributed by atoms with Crippen molar-refractivity contribution in [3.8, 4) is 0 Å². The highest BCUT2D eigenvalue weighted by atomic mass is 32.1. The largest absolute Gasteiger partial charge is 0.140 e. The van der Waals surface area contributed by atoms with Gasteiger partial charge in [-0.25, -0.2) is 0 Å². The number of aryl methyl sites for hydroxylation is 4. The Labute approximate surface area is 95.9 Å². The van der Waals surface area contributed by atoms with Gasteiger partial charge in [-0.2, -0.15) is 0 Å². The van der Waals surface area contributed by atoms with Crippen LogP contribution in [0.4, 0.5) is 0 Å². The van der Waals surface area contributed by atoms with E-state index < -0.39 is 0 Å². The van der Waals surface area contributed by atoms with E-state index in [1.807, 2.05) is 11.3 Å². The molecule has 1 heteroatoms. The molecule has 0 aliphatic carbocycles. The van der Waals surface area contributed by atoms with Crippen molar-refractivity contribution in [3.05, 3.63) is 33.7 Å². The van der Waals surface area contributed by atoms with Crippen molar-refractivity contribution in [1.29, 1.82) is 0 Å². The molecule has 0 amide bonds. The highest BCUT2D eigenvalue weighted by Crippen LogP contribution is 2.34. The molecule has 0 spiro atoms. The standard InChI is InChI=1S/C14H18S/c1-5-6-12-11(4)14-10(3)9(2)7-8-13(14)15-12/h7-8H,5-6H2,1-4H3. The van der Waals surface area contributed by atoms with E-state index >= 15 is 0 Å². The molecule has 0 N–H and O–H groups in total. The molecule has 1 aromatic carbocycles. The number of benzene rings is 1. The number of rotatable bonds is 2. The van der Waals surface area contributed by atoms with Crippen molar-refractivity contribution >= 4 is 21.4 Å². The van der Waals surface area contributed by atoms with Crippen LogP contribution in [0.2, 0.25) is 0 Å². The fourth-order valence-corrected chi connectivity index (χ4v) is 3.53. The summed E-state index contributed by atoms with van der Waals surface area (Å²) in [5, 5.41) is 1.50. The quantitative estimate of drug-likeness (QED) is 0.680. The average molecular weight is 218 g/mol. The van der Waals surface area contributed by atoms with Gasteiger partial charge < -0.3 is 0 Å². The Bertz CT molecular complexity index is 491. The minimum Gasteiger partial charge on any atom is -0.140 e. The van der Waals surface area contributed by atoms with Gasteiger partial charge in [0.1, 0.15) is 0 Å². The lowest BCUT2D eigenvalue weighted by Gasteiger charge is -2.02. The van der Waals surface area contributed by atoms with Gasteiger partial charge in [-0.3, -0.25) is 0 Å². The molecule has 0 saturated heterocycles. The Morgan fingerprint density at radius 3 is 2.47 bits per heavy atom. The zero-order chi connectivity index (χ0) is 11.0. The third-order valence-electron chi connectivity index (χ3n) is 3.20. The highest BCUT2D eigenvalue weighted by molar-refractivity contribution is 7.19. The van der Waals surface area contributed by atoms with Crippen molar-refractivity contribution in [2.24, 2.45) is 0 Å². The Balaban J connectivity index is 2.72. The van der Waals surface area contributed by atoms with Crippen LogP contribution in [-0.2, 0) is 6.42 Å². The summed E-state index contributed by atoms with van der Waals surface area (Å²) in [7, 11) is 0. The molecule has 0 saturated carbocycles. The Morgan fingerprint density at radius 1 is 1.07 bits per heavy atom. The molecule has 0 atom stereocenters. The molecule has 15 heavy (non-hydrogen) atoms. The van der Waals surface area contributed by atoms with Gasteiger partial charge >= 0.3 is 0 Å². The van der Waals surface area contributed by atoms with E-state index in [2.05, 4.69) is 39.8 Å². The number of fused-ring (bicyclic) bond motifs is 1. The summed E-state index contributed by atoms with van der Waals surface area (Å²) < 4.78 is 1.46. The second kappa shape index (κ2) is 3.97. The first-order valence-electron chi connectivity index (χ1n) is 5.63. The summed E-state index contributed by atoms with van der Waals surface area (Å²) in [6.07, 6.45) is 2.47. The van der Waals surface area contributed by atoms with E-state index in [9.17, 15) is 0 Å². The molecule has 0 aliphatic rings. The first-order valence-corrected chi connectivity index (χ1v) is 6.45. The van der Waals surface area contributed by atoms with Crippen LogP contribution in [0.3, 0.4) is 0 Å². The molecular weight excluding hydrogens is 200 g/mol. The lowest BCUT2D eigenvalue weighted by Crippen LogP contribution is -1.84. The Kier molecular flexibility index (Phi) is 2.83. The summed E-state index contributed by atoms with van der Waals surface area (Å²) in [4.78, 5) is 1.57. The van der Waals surface area contributed by atoms with E-state index in [1.54, 1.807) is 4.88 Å². The van der Waals surface area contributed by atoms with Crippen molar-refractivity contribution in [2.45, 2.75) is 40.5 Å². The minimum absolute atomic E-state index is 1.23. The van der Waals surface area contributed by atoms with Crippen LogP contribution in [0.5, 0.6) is 0 Å². The van der Waals surface area contributed by atoms with Gasteiger partial charge in [-0.05, 0) is 55.3 Å².